The van der Waals surface area contributed by atoms with E-state index in [1.54, 1.807) is 18.2 Å². The van der Waals surface area contributed by atoms with Crippen LogP contribution < -0.4 is 4.90 Å². The van der Waals surface area contributed by atoms with E-state index in [2.05, 4.69) is 0 Å². The molecule has 2 nitrogen and oxygen atoms in total. The predicted molar refractivity (Wildman–Crippen MR) is 237 cm³/mol. The van der Waals surface area contributed by atoms with Crippen LogP contribution in [0.4, 0.5) is 17.1 Å². The van der Waals surface area contributed by atoms with Gasteiger partial charge in [-0.1, -0.05) is 169 Å². The molecule has 0 atom stereocenters. The highest BCUT2D eigenvalue weighted by Crippen LogP contribution is 2.42. The van der Waals surface area contributed by atoms with Crippen LogP contribution in [0.3, 0.4) is 0 Å². The van der Waals surface area contributed by atoms with Gasteiger partial charge in [0.1, 0.15) is 0 Å². The normalized spacial score (nSPS) is 16.7. The number of anilines is 3. The van der Waals surface area contributed by atoms with Crippen LogP contribution >= 0.6 is 0 Å². The number of rotatable bonds is 8. The van der Waals surface area contributed by atoms with Crippen molar-refractivity contribution in [2.75, 3.05) is 4.90 Å². The first-order chi connectivity index (χ1) is 36.9. The predicted octanol–water partition coefficient (Wildman–Crippen LogP) is 14.9. The van der Waals surface area contributed by atoms with E-state index in [-0.39, 0.29) is 11.1 Å². The molecule has 1 aromatic heterocycles. The topological polar surface area (TPSA) is 8.17 Å². The second-order valence-electron chi connectivity index (χ2n) is 12.5. The molecule has 264 valence electrons. The van der Waals surface area contributed by atoms with Crippen molar-refractivity contribution in [2.45, 2.75) is 0 Å². The minimum absolute atomic E-state index is 0.189. The summed E-state index contributed by atoms with van der Waals surface area (Å²) >= 11 is 0. The third-order valence-corrected chi connectivity index (χ3v) is 9.26. The molecule has 56 heavy (non-hydrogen) atoms. The van der Waals surface area contributed by atoms with Crippen molar-refractivity contribution in [1.29, 1.82) is 0 Å². The molecule has 0 aliphatic heterocycles. The van der Waals surface area contributed by atoms with E-state index in [4.69, 9.17) is 16.4 Å². The summed E-state index contributed by atoms with van der Waals surface area (Å²) in [6, 6.07) is 9.18. The summed E-state index contributed by atoms with van der Waals surface area (Å²) in [6.07, 6.45) is 0. The summed E-state index contributed by atoms with van der Waals surface area (Å²) in [4.78, 5) is 0.505. The number of benzene rings is 9. The van der Waals surface area contributed by atoms with Crippen LogP contribution in [0.15, 0.2) is 230 Å². The Labute approximate surface area is 358 Å². The fourth-order valence-corrected chi connectivity index (χ4v) is 6.68. The first-order valence-electron chi connectivity index (χ1n) is 28.4. The largest absolute Gasteiger partial charge is 0.310 e. The zero-order valence-corrected chi connectivity index (χ0v) is 29.1. The Morgan fingerprint density at radius 3 is 1.57 bits per heavy atom. The van der Waals surface area contributed by atoms with Crippen LogP contribution in [0.25, 0.3) is 72.0 Å². The summed E-state index contributed by atoms with van der Waals surface area (Å²) in [6.45, 7) is 0. The summed E-state index contributed by atoms with van der Waals surface area (Å²) in [5, 5.41) is 1.43. The lowest BCUT2D eigenvalue weighted by atomic mass is 10.00. The fourth-order valence-electron chi connectivity index (χ4n) is 6.68. The van der Waals surface area contributed by atoms with Crippen molar-refractivity contribution in [3.63, 3.8) is 0 Å². The van der Waals surface area contributed by atoms with Crippen LogP contribution in [0, 0.1) is 0 Å². The molecule has 1 heterocycles. The van der Waals surface area contributed by atoms with E-state index in [1.807, 2.05) is 83.4 Å². The van der Waals surface area contributed by atoms with Gasteiger partial charge in [-0.05, 0) is 99.5 Å². The zero-order valence-electron chi connectivity index (χ0n) is 51.1. The Kier molecular flexibility index (Phi) is 4.48. The molecule has 0 aliphatic carbocycles. The molecule has 0 N–H and O–H groups in total. The summed E-state index contributed by atoms with van der Waals surface area (Å²) in [5.41, 5.74) is -1.90. The highest BCUT2D eigenvalue weighted by Gasteiger charge is 2.18. The lowest BCUT2D eigenvalue weighted by molar-refractivity contribution is 1.18. The lowest BCUT2D eigenvalue weighted by Gasteiger charge is -2.28. The van der Waals surface area contributed by atoms with Crippen LogP contribution in [-0.2, 0) is 0 Å². The standard InChI is InChI=1S/C54H38N2/c1-4-14-39(15-5-1)41-24-31-46(32-25-41)55(52-22-12-10-20-49(52)44-18-8-3-9-19-44)47-33-28-43(29-34-47)45-30-37-54-51(38-45)50-21-11-13-23-53(50)56(54)48-35-26-42(27-36-48)40-16-6-2-7-17-40/h1-38H/i1D,3D,4D,5D,8D,9D,10D,12D,14D,15D,18D,19D,20D,22D,24D,25D,28D,29D,31D,32D,33D,34D. The van der Waals surface area contributed by atoms with Gasteiger partial charge in [-0.15, -0.1) is 0 Å². The van der Waals surface area contributed by atoms with E-state index in [0.29, 0.717) is 10.3 Å². The Balaban J connectivity index is 1.27. The van der Waals surface area contributed by atoms with Crippen molar-refractivity contribution in [3.8, 4) is 50.2 Å². The second-order valence-corrected chi connectivity index (χ2v) is 12.5. The summed E-state index contributed by atoms with van der Waals surface area (Å²) < 4.78 is 200. The van der Waals surface area contributed by atoms with Crippen molar-refractivity contribution in [2.24, 2.45) is 0 Å². The van der Waals surface area contributed by atoms with Crippen LogP contribution in [0.1, 0.15) is 30.2 Å². The lowest BCUT2D eigenvalue weighted by Crippen LogP contribution is -2.11. The van der Waals surface area contributed by atoms with Gasteiger partial charge in [0.25, 0.3) is 0 Å². The molecule has 0 spiro atoms. The van der Waals surface area contributed by atoms with E-state index in [9.17, 15) is 13.7 Å². The Morgan fingerprint density at radius 2 is 0.875 bits per heavy atom. The van der Waals surface area contributed by atoms with Gasteiger partial charge in [-0.2, -0.15) is 0 Å². The first kappa shape index (κ1) is 17.4. The van der Waals surface area contributed by atoms with Crippen molar-refractivity contribution in [1.82, 2.24) is 4.57 Å². The first-order valence-corrected chi connectivity index (χ1v) is 17.4. The fraction of sp³-hybridized carbons (Fsp3) is 0. The smallest absolute Gasteiger partial charge is 0.0645 e. The molecule has 10 aromatic rings. The van der Waals surface area contributed by atoms with E-state index in [1.165, 1.54) is 0 Å². The van der Waals surface area contributed by atoms with Crippen LogP contribution in [0.5, 0.6) is 0 Å². The van der Waals surface area contributed by atoms with Gasteiger partial charge in [-0.3, -0.25) is 0 Å². The molecule has 9 aromatic carbocycles. The number of nitrogens with zero attached hydrogens (tertiary/aromatic N) is 2. The minimum Gasteiger partial charge on any atom is -0.310 e. The van der Waals surface area contributed by atoms with Crippen molar-refractivity contribution in [3.05, 3.63) is 230 Å². The van der Waals surface area contributed by atoms with E-state index < -0.39 is 172 Å². The number of fused-ring (bicyclic) bond motifs is 3. The Hall–Kier alpha value is -7.42. The molecule has 0 aliphatic rings. The van der Waals surface area contributed by atoms with Gasteiger partial charge in [0.15, 0.2) is 0 Å². The van der Waals surface area contributed by atoms with Gasteiger partial charge < -0.3 is 9.47 Å². The SMILES string of the molecule is [2H]c1c([2H])c([2H])c(-c2c([2H])c([2H])c(N(c3c([2H])c([2H])c(-c4ccc5c(c4)c4ccccc4n5-c4ccc(-c5ccccc5)cc4)c([2H])c3[2H])c3c([2H])c([2H])c([2H])c([2H])c3-c3c([2H])c([2H])c([2H])c([2H])c3[2H])c([2H])c2[2H])c([2H])c1[2H]. The third kappa shape index (κ3) is 6.14. The molecule has 0 fully saturated rings. The molecule has 0 amide bonds. The maximum absolute atomic E-state index is 9.75. The number of hydrogen-bond acceptors (Lipinski definition) is 1. The highest BCUT2D eigenvalue weighted by atomic mass is 15.1. The van der Waals surface area contributed by atoms with Gasteiger partial charge in [0.05, 0.1) is 46.9 Å². The number of para-hydroxylation sites is 2. The molecular weight excluding hydrogens is 677 g/mol. The average molecular weight is 737 g/mol. The van der Waals surface area contributed by atoms with E-state index >= 15 is 0 Å². The van der Waals surface area contributed by atoms with E-state index in [0.717, 1.165) is 33.2 Å². The van der Waals surface area contributed by atoms with Crippen molar-refractivity contribution < 1.29 is 30.2 Å². The number of aromatic nitrogens is 1. The zero-order chi connectivity index (χ0) is 56.4. The molecular formula is C54H38N2. The molecule has 0 saturated carbocycles. The van der Waals surface area contributed by atoms with Crippen LogP contribution in [0.2, 0.25) is 0 Å². The summed E-state index contributed by atoms with van der Waals surface area (Å²) in [5.74, 6) is 0. The van der Waals surface area contributed by atoms with Gasteiger partial charge in [0, 0.05) is 33.4 Å². The second kappa shape index (κ2) is 14.4. The molecule has 10 rings (SSSR count). The maximum Gasteiger partial charge on any atom is 0.0645 e. The quantitative estimate of drug-likeness (QED) is 0.151. The minimum atomic E-state index is -1.14. The van der Waals surface area contributed by atoms with Gasteiger partial charge in [0.2, 0.25) is 0 Å². The molecule has 0 bridgehead atoms. The van der Waals surface area contributed by atoms with Crippen molar-refractivity contribution >= 4 is 38.9 Å². The monoisotopic (exact) mass is 736 g/mol. The van der Waals surface area contributed by atoms with Gasteiger partial charge in [-0.25, -0.2) is 0 Å². The summed E-state index contributed by atoms with van der Waals surface area (Å²) in [7, 11) is 0. The molecule has 0 unspecified atom stereocenters. The highest BCUT2D eigenvalue weighted by molar-refractivity contribution is 6.10. The molecule has 0 saturated heterocycles. The van der Waals surface area contributed by atoms with Gasteiger partial charge >= 0.3 is 0 Å². The van der Waals surface area contributed by atoms with Crippen LogP contribution in [-0.4, -0.2) is 4.57 Å². The number of hydrogen-bond donors (Lipinski definition) is 0. The molecule has 2 heteroatoms. The average Bonchev–Trinajstić information content (AvgIpc) is 3.80. The Bertz CT molecular complexity index is 4120. The maximum atomic E-state index is 9.75. The third-order valence-electron chi connectivity index (χ3n) is 9.26. The Morgan fingerprint density at radius 1 is 0.357 bits per heavy atom. The molecule has 0 radical (unpaired) electrons.